The molecular weight excluding hydrogens is 813 g/mol. The van der Waals surface area contributed by atoms with Crippen molar-refractivity contribution in [2.75, 3.05) is 102 Å². The van der Waals surface area contributed by atoms with Gasteiger partial charge in [0.25, 0.3) is 0 Å². The SMILES string of the molecule is CCCCOc1ccncc1N.CCCCOc1ccncc1N.CCCOc1ccncc1N.CN(C)CCOc1ccncc1N.Nc1cnccc1OCCN1CCCCC1. The average molecular weight is 887 g/mol. The average Bonchev–Trinajstić information content (AvgIpc) is 3.30. The summed E-state index contributed by atoms with van der Waals surface area (Å²) in [4.78, 5) is 23.9. The first-order valence-corrected chi connectivity index (χ1v) is 22.1. The highest BCUT2D eigenvalue weighted by Gasteiger charge is 2.10. The molecular formula is C47H74N12O5. The molecule has 6 rings (SSSR count). The van der Waals surface area contributed by atoms with Gasteiger partial charge in [0.05, 0.1) is 79.2 Å². The fourth-order valence-corrected chi connectivity index (χ4v) is 5.30. The van der Waals surface area contributed by atoms with Crippen LogP contribution in [0.15, 0.2) is 92.3 Å². The van der Waals surface area contributed by atoms with Crippen molar-refractivity contribution >= 4 is 28.4 Å². The molecule has 0 radical (unpaired) electrons. The van der Waals surface area contributed by atoms with E-state index < -0.39 is 0 Å². The van der Waals surface area contributed by atoms with Gasteiger partial charge in [-0.2, -0.15) is 0 Å². The molecule has 352 valence electrons. The van der Waals surface area contributed by atoms with Crippen molar-refractivity contribution in [2.45, 2.75) is 72.1 Å². The number of pyridine rings is 5. The number of likely N-dealkylation sites (tertiary alicyclic amines) is 1. The van der Waals surface area contributed by atoms with Crippen LogP contribution in [0.5, 0.6) is 28.7 Å². The first kappa shape index (κ1) is 53.8. The predicted molar refractivity (Wildman–Crippen MR) is 260 cm³/mol. The van der Waals surface area contributed by atoms with Crippen LogP contribution in [0.4, 0.5) is 28.4 Å². The van der Waals surface area contributed by atoms with Crippen LogP contribution >= 0.6 is 0 Å². The number of rotatable bonds is 19. The predicted octanol–water partition coefficient (Wildman–Crippen LogP) is 7.27. The molecule has 1 aliphatic heterocycles. The number of aromatic nitrogens is 5. The maximum Gasteiger partial charge on any atom is 0.145 e. The summed E-state index contributed by atoms with van der Waals surface area (Å²) in [6, 6.07) is 8.91. The molecule has 6 heterocycles. The number of likely N-dealkylation sites (N-methyl/N-ethyl adjacent to an activating group) is 1. The molecule has 0 saturated carbocycles. The van der Waals surface area contributed by atoms with Crippen molar-refractivity contribution in [3.8, 4) is 28.7 Å². The second kappa shape index (κ2) is 34.2. The standard InChI is InChI=1S/C12H19N3O.C9H15N3O.2C9H14N2O.C8H12N2O/c13-11-10-14-5-4-12(11)16-9-8-15-6-2-1-3-7-15;1-12(2)5-6-13-9-3-4-11-7-8(9)10;2*1-2-3-6-12-9-4-5-11-7-8(9)10;1-2-5-11-8-3-4-10-6-7(8)9/h4-5,10H,1-3,6-9,13H2;3-4,7H,5-6,10H2,1-2H3;2*4-5,7H,2-3,6,10H2,1H3;3-4,6H,2,5,9H2,1H3. The van der Waals surface area contributed by atoms with Gasteiger partial charge >= 0.3 is 0 Å². The molecule has 0 bridgehead atoms. The number of nitrogen functional groups attached to an aromatic ring is 5. The lowest BCUT2D eigenvalue weighted by Gasteiger charge is -2.26. The van der Waals surface area contributed by atoms with Gasteiger partial charge in [-0.3, -0.25) is 29.8 Å². The monoisotopic (exact) mass is 887 g/mol. The van der Waals surface area contributed by atoms with E-state index >= 15 is 0 Å². The number of nitrogens with two attached hydrogens (primary N) is 5. The number of ether oxygens (including phenoxy) is 5. The van der Waals surface area contributed by atoms with Crippen molar-refractivity contribution in [3.05, 3.63) is 92.3 Å². The summed E-state index contributed by atoms with van der Waals surface area (Å²) >= 11 is 0. The summed E-state index contributed by atoms with van der Waals surface area (Å²) in [6.07, 6.45) is 25.8. The Morgan fingerprint density at radius 3 is 1.09 bits per heavy atom. The molecule has 0 atom stereocenters. The van der Waals surface area contributed by atoms with Gasteiger partial charge < -0.3 is 57.3 Å². The van der Waals surface area contributed by atoms with E-state index in [1.165, 1.54) is 32.4 Å². The Kier molecular flexibility index (Phi) is 28.7. The van der Waals surface area contributed by atoms with Crippen LogP contribution < -0.4 is 52.4 Å². The summed E-state index contributed by atoms with van der Waals surface area (Å²) in [5.74, 6) is 3.64. The zero-order chi connectivity index (χ0) is 46.6. The number of hydrogen-bond donors (Lipinski definition) is 5. The Morgan fingerprint density at radius 1 is 0.453 bits per heavy atom. The van der Waals surface area contributed by atoms with Crippen LogP contribution in [-0.2, 0) is 0 Å². The van der Waals surface area contributed by atoms with Crippen molar-refractivity contribution < 1.29 is 23.7 Å². The highest BCUT2D eigenvalue weighted by molar-refractivity contribution is 5.51. The fraction of sp³-hybridized carbons (Fsp3) is 0.468. The van der Waals surface area contributed by atoms with E-state index in [0.29, 0.717) is 54.0 Å². The lowest BCUT2D eigenvalue weighted by atomic mass is 10.1. The molecule has 1 fully saturated rings. The lowest BCUT2D eigenvalue weighted by Crippen LogP contribution is -2.33. The van der Waals surface area contributed by atoms with E-state index in [9.17, 15) is 0 Å². The van der Waals surface area contributed by atoms with E-state index in [2.05, 4.69) is 55.5 Å². The Bertz CT molecular complexity index is 1870. The van der Waals surface area contributed by atoms with E-state index in [0.717, 1.165) is 81.4 Å². The van der Waals surface area contributed by atoms with Gasteiger partial charge in [-0.1, -0.05) is 40.0 Å². The van der Waals surface area contributed by atoms with Crippen LogP contribution in [0.3, 0.4) is 0 Å². The van der Waals surface area contributed by atoms with E-state index in [1.807, 2.05) is 20.2 Å². The third-order valence-electron chi connectivity index (χ3n) is 8.93. The maximum atomic E-state index is 5.74. The van der Waals surface area contributed by atoms with E-state index in [4.69, 9.17) is 52.4 Å². The van der Waals surface area contributed by atoms with E-state index in [-0.39, 0.29) is 0 Å². The first-order valence-electron chi connectivity index (χ1n) is 22.1. The van der Waals surface area contributed by atoms with Crippen LogP contribution in [0.25, 0.3) is 0 Å². The summed E-state index contributed by atoms with van der Waals surface area (Å²) in [5.41, 5.74) is 31.2. The molecule has 17 nitrogen and oxygen atoms in total. The van der Waals surface area contributed by atoms with Crippen molar-refractivity contribution in [3.63, 3.8) is 0 Å². The fourth-order valence-electron chi connectivity index (χ4n) is 5.30. The minimum Gasteiger partial charge on any atom is -0.491 e. The zero-order valence-electron chi connectivity index (χ0n) is 38.7. The van der Waals surface area contributed by atoms with Gasteiger partial charge in [0, 0.05) is 74.4 Å². The molecule has 0 aliphatic carbocycles. The minimum atomic E-state index is 0.584. The van der Waals surface area contributed by atoms with Crippen LogP contribution in [-0.4, -0.2) is 108 Å². The van der Waals surface area contributed by atoms with Gasteiger partial charge in [-0.25, -0.2) is 0 Å². The summed E-state index contributed by atoms with van der Waals surface area (Å²) in [5, 5.41) is 0. The van der Waals surface area contributed by atoms with Gasteiger partial charge in [0.2, 0.25) is 0 Å². The molecule has 64 heavy (non-hydrogen) atoms. The smallest absolute Gasteiger partial charge is 0.145 e. The summed E-state index contributed by atoms with van der Waals surface area (Å²) in [7, 11) is 4.00. The summed E-state index contributed by atoms with van der Waals surface area (Å²) < 4.78 is 27.2. The van der Waals surface area contributed by atoms with Gasteiger partial charge in [-0.15, -0.1) is 0 Å². The van der Waals surface area contributed by atoms with Gasteiger partial charge in [-0.05, 0) is 59.3 Å². The topological polar surface area (TPSA) is 247 Å². The van der Waals surface area contributed by atoms with Crippen LogP contribution in [0.1, 0.15) is 72.1 Å². The van der Waals surface area contributed by atoms with E-state index in [1.54, 1.807) is 86.2 Å². The molecule has 0 amide bonds. The minimum absolute atomic E-state index is 0.584. The van der Waals surface area contributed by atoms with Gasteiger partial charge in [0.15, 0.2) is 0 Å². The third-order valence-corrected chi connectivity index (χ3v) is 8.93. The maximum absolute atomic E-state index is 5.74. The second-order valence-electron chi connectivity index (χ2n) is 14.7. The molecule has 1 saturated heterocycles. The molecule has 1 aliphatic rings. The van der Waals surface area contributed by atoms with Crippen molar-refractivity contribution in [2.24, 2.45) is 0 Å². The summed E-state index contributed by atoms with van der Waals surface area (Å²) in [6.45, 7) is 14.1. The Morgan fingerprint density at radius 2 is 0.781 bits per heavy atom. The zero-order valence-corrected chi connectivity index (χ0v) is 38.7. The highest BCUT2D eigenvalue weighted by Crippen LogP contribution is 2.21. The third kappa shape index (κ3) is 24.3. The van der Waals surface area contributed by atoms with Crippen LogP contribution in [0.2, 0.25) is 0 Å². The molecule has 17 heteroatoms. The first-order chi connectivity index (χ1) is 31.1. The molecule has 0 aromatic carbocycles. The lowest BCUT2D eigenvalue weighted by molar-refractivity contribution is 0.184. The number of anilines is 5. The Balaban J connectivity index is 0.000000277. The molecule has 5 aromatic heterocycles. The molecule has 0 unspecified atom stereocenters. The number of hydrogen-bond acceptors (Lipinski definition) is 17. The Hall–Kier alpha value is -6.33. The number of piperidine rings is 1. The van der Waals surface area contributed by atoms with Gasteiger partial charge in [0.1, 0.15) is 42.0 Å². The van der Waals surface area contributed by atoms with Crippen molar-refractivity contribution in [1.82, 2.24) is 34.7 Å². The van der Waals surface area contributed by atoms with Crippen molar-refractivity contribution in [1.29, 1.82) is 0 Å². The highest BCUT2D eigenvalue weighted by atomic mass is 16.5. The Labute approximate surface area is 381 Å². The largest absolute Gasteiger partial charge is 0.491 e. The normalized spacial score (nSPS) is 11.7. The quantitative estimate of drug-likeness (QED) is 0.0512. The second-order valence-corrected chi connectivity index (χ2v) is 14.7. The van der Waals surface area contributed by atoms with Crippen LogP contribution in [0, 0.1) is 0 Å². The number of unbranched alkanes of at least 4 members (excludes halogenated alkanes) is 2. The number of nitrogens with zero attached hydrogens (tertiary/aromatic N) is 7. The molecule has 5 aromatic rings. The molecule has 0 spiro atoms. The molecule has 10 N–H and O–H groups in total.